The highest BCUT2D eigenvalue weighted by molar-refractivity contribution is 7.22. The number of rotatable bonds is 5. The first-order valence-electron chi connectivity index (χ1n) is 10.3. The van der Waals surface area contributed by atoms with E-state index in [1.165, 1.54) is 36.7 Å². The van der Waals surface area contributed by atoms with Crippen LogP contribution >= 0.6 is 11.3 Å². The van der Waals surface area contributed by atoms with E-state index in [1.54, 1.807) is 24.3 Å². The molecule has 0 spiro atoms. The number of likely N-dealkylation sites (tertiary alicyclic amines) is 1. The molecule has 1 aromatic heterocycles. The highest BCUT2D eigenvalue weighted by Gasteiger charge is 2.16. The molecule has 3 aromatic rings. The zero-order valence-corrected chi connectivity index (χ0v) is 18.1. The zero-order chi connectivity index (χ0) is 21.1. The van der Waals surface area contributed by atoms with Crippen LogP contribution in [0.5, 0.6) is 0 Å². The minimum absolute atomic E-state index is 0.173. The van der Waals surface area contributed by atoms with Crippen LogP contribution in [0.15, 0.2) is 42.5 Å². The van der Waals surface area contributed by atoms with Gasteiger partial charge in [0.15, 0.2) is 5.13 Å². The lowest BCUT2D eigenvalue weighted by atomic mass is 9.99. The molecule has 0 bridgehead atoms. The van der Waals surface area contributed by atoms with Crippen LogP contribution < -0.4 is 10.6 Å². The molecule has 156 valence electrons. The summed E-state index contributed by atoms with van der Waals surface area (Å²) < 4.78 is 1.07. The Morgan fingerprint density at radius 1 is 1.13 bits per heavy atom. The van der Waals surface area contributed by atoms with E-state index in [0.717, 1.165) is 35.8 Å². The van der Waals surface area contributed by atoms with Crippen LogP contribution in [0, 0.1) is 5.92 Å². The summed E-state index contributed by atoms with van der Waals surface area (Å²) in [5, 5.41) is 6.14. The quantitative estimate of drug-likeness (QED) is 0.623. The number of nitrogens with one attached hydrogen (secondary N) is 2. The van der Waals surface area contributed by atoms with Crippen molar-refractivity contribution in [2.75, 3.05) is 23.7 Å². The molecule has 0 radical (unpaired) electrons. The predicted molar refractivity (Wildman–Crippen MR) is 122 cm³/mol. The van der Waals surface area contributed by atoms with Crippen LogP contribution in [0.1, 0.15) is 42.6 Å². The predicted octanol–water partition coefficient (Wildman–Crippen LogP) is 4.74. The second-order valence-electron chi connectivity index (χ2n) is 8.00. The molecule has 1 fully saturated rings. The van der Waals surface area contributed by atoms with Gasteiger partial charge in [-0.2, -0.15) is 0 Å². The lowest BCUT2D eigenvalue weighted by Crippen LogP contribution is -2.32. The molecule has 1 aliphatic rings. The third-order valence-electron chi connectivity index (χ3n) is 5.40. The molecule has 0 aliphatic carbocycles. The maximum atomic E-state index is 12.6. The number of anilines is 2. The summed E-state index contributed by atoms with van der Waals surface area (Å²) in [7, 11) is 0. The second-order valence-corrected chi connectivity index (χ2v) is 9.03. The molecular formula is C23H26N4O2S. The molecular weight excluding hydrogens is 396 g/mol. The van der Waals surface area contributed by atoms with Gasteiger partial charge in [0.1, 0.15) is 0 Å². The maximum Gasteiger partial charge on any atom is 0.257 e. The topological polar surface area (TPSA) is 74.3 Å². The molecule has 2 heterocycles. The monoisotopic (exact) mass is 422 g/mol. The van der Waals surface area contributed by atoms with Gasteiger partial charge in [-0.25, -0.2) is 4.98 Å². The summed E-state index contributed by atoms with van der Waals surface area (Å²) in [6, 6.07) is 13.2. The van der Waals surface area contributed by atoms with Crippen LogP contribution in [0.2, 0.25) is 0 Å². The molecule has 2 amide bonds. The van der Waals surface area contributed by atoms with Crippen LogP contribution in [0.3, 0.4) is 0 Å². The van der Waals surface area contributed by atoms with Crippen molar-refractivity contribution in [2.24, 2.45) is 5.92 Å². The highest BCUT2D eigenvalue weighted by atomic mass is 32.1. The first-order valence-corrected chi connectivity index (χ1v) is 11.1. The molecule has 0 atom stereocenters. The average Bonchev–Trinajstić information content (AvgIpc) is 3.11. The summed E-state index contributed by atoms with van der Waals surface area (Å²) in [6.45, 7) is 7.03. The zero-order valence-electron chi connectivity index (χ0n) is 17.3. The smallest absolute Gasteiger partial charge is 0.257 e. The Balaban J connectivity index is 1.44. The average molecular weight is 423 g/mol. The van der Waals surface area contributed by atoms with Crippen molar-refractivity contribution in [2.45, 2.75) is 33.2 Å². The van der Waals surface area contributed by atoms with E-state index in [-0.39, 0.29) is 11.8 Å². The number of aromatic nitrogens is 1. The third kappa shape index (κ3) is 5.04. The summed E-state index contributed by atoms with van der Waals surface area (Å²) in [4.78, 5) is 30.9. The summed E-state index contributed by atoms with van der Waals surface area (Å²) in [5.41, 5.74) is 3.23. The Bertz CT molecular complexity index is 1070. The summed E-state index contributed by atoms with van der Waals surface area (Å²) in [6.07, 6.45) is 2.53. The molecule has 6 nitrogen and oxygen atoms in total. The van der Waals surface area contributed by atoms with E-state index in [1.807, 2.05) is 6.07 Å². The van der Waals surface area contributed by atoms with Crippen LogP contribution in [0.25, 0.3) is 10.2 Å². The van der Waals surface area contributed by atoms with Gasteiger partial charge in [-0.15, -0.1) is 0 Å². The minimum atomic E-state index is -0.246. The molecule has 30 heavy (non-hydrogen) atoms. The third-order valence-corrected chi connectivity index (χ3v) is 6.33. The Labute approximate surface area is 180 Å². The molecule has 1 aliphatic heterocycles. The van der Waals surface area contributed by atoms with Gasteiger partial charge in [-0.05, 0) is 67.7 Å². The van der Waals surface area contributed by atoms with Gasteiger partial charge in [-0.3, -0.25) is 19.8 Å². The number of benzene rings is 2. The van der Waals surface area contributed by atoms with Gasteiger partial charge < -0.3 is 5.32 Å². The largest absolute Gasteiger partial charge is 0.326 e. The number of hydrogen-bond donors (Lipinski definition) is 2. The normalized spacial score (nSPS) is 15.3. The van der Waals surface area contributed by atoms with Crippen LogP contribution in [0.4, 0.5) is 10.8 Å². The van der Waals surface area contributed by atoms with Crippen molar-refractivity contribution < 1.29 is 9.59 Å². The van der Waals surface area contributed by atoms with E-state index >= 15 is 0 Å². The fraction of sp³-hybridized carbons (Fsp3) is 0.348. The van der Waals surface area contributed by atoms with Gasteiger partial charge in [0.05, 0.1) is 10.2 Å². The number of carbonyl (C=O) groups excluding carboxylic acids is 2. The Hall–Kier alpha value is -2.77. The van der Waals surface area contributed by atoms with Crippen molar-refractivity contribution in [1.82, 2.24) is 9.88 Å². The van der Waals surface area contributed by atoms with Crippen LogP contribution in [-0.2, 0) is 11.3 Å². The molecule has 1 saturated heterocycles. The second kappa shape index (κ2) is 8.93. The van der Waals surface area contributed by atoms with Crippen molar-refractivity contribution in [3.8, 4) is 0 Å². The van der Waals surface area contributed by atoms with Gasteiger partial charge in [0.25, 0.3) is 5.91 Å². The fourth-order valence-corrected chi connectivity index (χ4v) is 4.63. The number of piperidine rings is 1. The van der Waals surface area contributed by atoms with Crippen molar-refractivity contribution in [3.05, 3.63) is 53.6 Å². The van der Waals surface area contributed by atoms with E-state index in [4.69, 9.17) is 0 Å². The van der Waals surface area contributed by atoms with E-state index in [9.17, 15) is 9.59 Å². The SMILES string of the molecule is CC(=O)Nc1cccc(C(=O)Nc2nc3ccc(CN4CCC(C)CC4)cc3s2)c1. The van der Waals surface area contributed by atoms with Crippen LogP contribution in [-0.4, -0.2) is 34.8 Å². The van der Waals surface area contributed by atoms with Crippen molar-refractivity contribution >= 4 is 44.2 Å². The van der Waals surface area contributed by atoms with E-state index in [0.29, 0.717) is 16.4 Å². The molecule has 7 heteroatoms. The molecule has 2 N–H and O–H groups in total. The van der Waals surface area contributed by atoms with Gasteiger partial charge >= 0.3 is 0 Å². The van der Waals surface area contributed by atoms with E-state index in [2.05, 4.69) is 39.6 Å². The number of thiazole rings is 1. The minimum Gasteiger partial charge on any atom is -0.326 e. The number of hydrogen-bond acceptors (Lipinski definition) is 5. The number of fused-ring (bicyclic) bond motifs is 1. The number of carbonyl (C=O) groups is 2. The lowest BCUT2D eigenvalue weighted by Gasteiger charge is -2.30. The highest BCUT2D eigenvalue weighted by Crippen LogP contribution is 2.28. The lowest BCUT2D eigenvalue weighted by molar-refractivity contribution is -0.114. The Morgan fingerprint density at radius 2 is 1.93 bits per heavy atom. The van der Waals surface area contributed by atoms with Crippen molar-refractivity contribution in [1.29, 1.82) is 0 Å². The first-order chi connectivity index (χ1) is 14.5. The molecule has 0 saturated carbocycles. The van der Waals surface area contributed by atoms with E-state index < -0.39 is 0 Å². The first kappa shape index (κ1) is 20.5. The molecule has 2 aromatic carbocycles. The maximum absolute atomic E-state index is 12.6. The molecule has 0 unspecified atom stereocenters. The summed E-state index contributed by atoms with van der Waals surface area (Å²) >= 11 is 1.48. The van der Waals surface area contributed by atoms with Gasteiger partial charge in [-0.1, -0.05) is 30.4 Å². The van der Waals surface area contributed by atoms with Gasteiger partial charge in [0.2, 0.25) is 5.91 Å². The summed E-state index contributed by atoms with van der Waals surface area (Å²) in [5.74, 6) is 0.410. The number of nitrogens with zero attached hydrogens (tertiary/aromatic N) is 2. The Morgan fingerprint density at radius 3 is 2.70 bits per heavy atom. The fourth-order valence-electron chi connectivity index (χ4n) is 3.71. The van der Waals surface area contributed by atoms with Crippen molar-refractivity contribution in [3.63, 3.8) is 0 Å². The number of amides is 2. The van der Waals surface area contributed by atoms with Gasteiger partial charge in [0, 0.05) is 24.7 Å². The Kier molecular flexibility index (Phi) is 6.11. The molecule has 4 rings (SSSR count). The standard InChI is InChI=1S/C23H26N4O2S/c1-15-8-10-27(11-9-15)14-17-6-7-20-21(12-17)30-23(25-20)26-22(29)18-4-3-5-19(13-18)24-16(2)28/h3-7,12-13,15H,8-11,14H2,1-2H3,(H,24,28)(H,25,26,29).